The summed E-state index contributed by atoms with van der Waals surface area (Å²) in [7, 11) is 0. The molecule has 1 rings (SSSR count). The summed E-state index contributed by atoms with van der Waals surface area (Å²) >= 11 is 3.11. The zero-order valence-electron chi connectivity index (χ0n) is 7.27. The topological polar surface area (TPSA) is 38.9 Å². The summed E-state index contributed by atoms with van der Waals surface area (Å²) in [4.78, 5) is 3.65. The van der Waals surface area contributed by atoms with E-state index in [1.807, 2.05) is 0 Å². The van der Waals surface area contributed by atoms with Gasteiger partial charge in [-0.25, -0.2) is 0 Å². The number of halogens is 4. The number of nitrogens with two attached hydrogens (primary N) is 1. The number of hydrogen-bond acceptors (Lipinski definition) is 2. The number of aromatic nitrogens is 1. The van der Waals surface area contributed by atoms with Gasteiger partial charge in [-0.15, -0.1) is 0 Å². The highest BCUT2D eigenvalue weighted by Gasteiger charge is 2.39. The maximum atomic E-state index is 12.2. The average molecular weight is 269 g/mol. The first-order chi connectivity index (χ1) is 6.32. The van der Waals surface area contributed by atoms with Crippen molar-refractivity contribution in [3.63, 3.8) is 0 Å². The Morgan fingerprint density at radius 1 is 1.50 bits per heavy atom. The Morgan fingerprint density at radius 2 is 2.07 bits per heavy atom. The number of aryl methyl sites for hydroxylation is 1. The summed E-state index contributed by atoms with van der Waals surface area (Å²) in [6.07, 6.45) is -3.15. The van der Waals surface area contributed by atoms with Gasteiger partial charge in [-0.2, -0.15) is 13.2 Å². The fraction of sp³-hybridized carbons (Fsp3) is 0.375. The molecule has 0 aromatic carbocycles. The molecule has 78 valence electrons. The molecular weight excluding hydrogens is 261 g/mol. The van der Waals surface area contributed by atoms with E-state index >= 15 is 0 Å². The van der Waals surface area contributed by atoms with Crippen molar-refractivity contribution in [2.45, 2.75) is 19.1 Å². The van der Waals surface area contributed by atoms with E-state index in [0.29, 0.717) is 10.0 Å². The largest absolute Gasteiger partial charge is 0.409 e. The fourth-order valence-corrected chi connectivity index (χ4v) is 1.48. The first kappa shape index (κ1) is 11.5. The number of hydrogen-bond donors (Lipinski definition) is 1. The lowest BCUT2D eigenvalue weighted by atomic mass is 10.1. The zero-order chi connectivity index (χ0) is 10.9. The third-order valence-corrected chi connectivity index (χ3v) is 2.17. The molecule has 0 fully saturated rings. The summed E-state index contributed by atoms with van der Waals surface area (Å²) in [5.74, 6) is 0. The molecule has 2 nitrogen and oxygen atoms in total. The Hall–Kier alpha value is -0.620. The SMILES string of the molecule is Cc1cc(Br)cnc1[C@H](N)C(F)(F)F. The van der Waals surface area contributed by atoms with E-state index in [9.17, 15) is 13.2 Å². The van der Waals surface area contributed by atoms with Gasteiger partial charge >= 0.3 is 6.18 Å². The van der Waals surface area contributed by atoms with Crippen LogP contribution < -0.4 is 5.73 Å². The third kappa shape index (κ3) is 2.45. The maximum Gasteiger partial charge on any atom is 0.409 e. The predicted molar refractivity (Wildman–Crippen MR) is 49.7 cm³/mol. The predicted octanol–water partition coefficient (Wildman–Crippen LogP) is 2.71. The molecule has 2 N–H and O–H groups in total. The number of alkyl halides is 3. The van der Waals surface area contributed by atoms with Gasteiger partial charge in [-0.05, 0) is 34.5 Å². The molecule has 0 aliphatic carbocycles. The Labute approximate surface area is 87.4 Å². The molecule has 0 aliphatic heterocycles. The summed E-state index contributed by atoms with van der Waals surface area (Å²) < 4.78 is 37.3. The van der Waals surface area contributed by atoms with E-state index in [1.54, 1.807) is 13.0 Å². The average Bonchev–Trinajstić information content (AvgIpc) is 2.01. The lowest BCUT2D eigenvalue weighted by Gasteiger charge is -2.16. The molecule has 6 heteroatoms. The summed E-state index contributed by atoms with van der Waals surface area (Å²) in [5.41, 5.74) is 5.30. The van der Waals surface area contributed by atoms with E-state index in [0.717, 1.165) is 0 Å². The van der Waals surface area contributed by atoms with Gasteiger partial charge in [0.2, 0.25) is 0 Å². The second kappa shape index (κ2) is 3.86. The Kier molecular flexibility index (Phi) is 3.16. The maximum absolute atomic E-state index is 12.2. The van der Waals surface area contributed by atoms with Crippen molar-refractivity contribution in [3.05, 3.63) is 28.0 Å². The van der Waals surface area contributed by atoms with E-state index in [4.69, 9.17) is 5.73 Å². The van der Waals surface area contributed by atoms with Crippen LogP contribution >= 0.6 is 15.9 Å². The first-order valence-corrected chi connectivity index (χ1v) is 4.56. The van der Waals surface area contributed by atoms with Crippen LogP contribution in [0.4, 0.5) is 13.2 Å². The van der Waals surface area contributed by atoms with Crippen LogP contribution in [0.3, 0.4) is 0 Å². The van der Waals surface area contributed by atoms with Crippen molar-refractivity contribution in [1.29, 1.82) is 0 Å². The molecule has 0 spiro atoms. The van der Waals surface area contributed by atoms with Gasteiger partial charge in [-0.1, -0.05) is 0 Å². The van der Waals surface area contributed by atoms with Crippen LogP contribution in [0, 0.1) is 6.92 Å². The molecule has 0 amide bonds. The van der Waals surface area contributed by atoms with Crippen LogP contribution in [0.15, 0.2) is 16.7 Å². The second-order valence-electron chi connectivity index (χ2n) is 2.87. The van der Waals surface area contributed by atoms with Crippen molar-refractivity contribution >= 4 is 15.9 Å². The van der Waals surface area contributed by atoms with Gasteiger partial charge in [0.15, 0.2) is 0 Å². The van der Waals surface area contributed by atoms with Crippen LogP contribution in [0.2, 0.25) is 0 Å². The number of nitrogens with zero attached hydrogens (tertiary/aromatic N) is 1. The van der Waals surface area contributed by atoms with Crippen molar-refractivity contribution in [3.8, 4) is 0 Å². The lowest BCUT2D eigenvalue weighted by Crippen LogP contribution is -2.30. The zero-order valence-corrected chi connectivity index (χ0v) is 8.85. The van der Waals surface area contributed by atoms with Gasteiger partial charge in [0.05, 0.1) is 5.69 Å². The Morgan fingerprint density at radius 3 is 2.50 bits per heavy atom. The van der Waals surface area contributed by atoms with E-state index in [2.05, 4.69) is 20.9 Å². The molecular formula is C8H8BrF3N2. The molecule has 0 saturated heterocycles. The number of pyridine rings is 1. The van der Waals surface area contributed by atoms with Crippen molar-refractivity contribution in [2.24, 2.45) is 5.73 Å². The standard InChI is InChI=1S/C8H8BrF3N2/c1-4-2-5(9)3-14-6(4)7(13)8(10,11)12/h2-3,7H,13H2,1H3/t7-/m0/s1. The molecule has 1 heterocycles. The molecule has 1 atom stereocenters. The first-order valence-electron chi connectivity index (χ1n) is 3.76. The molecule has 0 unspecified atom stereocenters. The minimum absolute atomic E-state index is 0.138. The Bertz CT molecular complexity index is 338. The van der Waals surface area contributed by atoms with Gasteiger partial charge in [0.25, 0.3) is 0 Å². The molecule has 1 aromatic rings. The highest BCUT2D eigenvalue weighted by atomic mass is 79.9. The molecule has 1 aromatic heterocycles. The van der Waals surface area contributed by atoms with E-state index < -0.39 is 12.2 Å². The Balaban J connectivity index is 3.08. The van der Waals surface area contributed by atoms with Crippen LogP contribution in [0.5, 0.6) is 0 Å². The van der Waals surface area contributed by atoms with Gasteiger partial charge in [0.1, 0.15) is 6.04 Å². The van der Waals surface area contributed by atoms with Crippen molar-refractivity contribution in [1.82, 2.24) is 4.98 Å². The molecule has 0 radical (unpaired) electrons. The fourth-order valence-electron chi connectivity index (χ4n) is 1.03. The molecule has 14 heavy (non-hydrogen) atoms. The third-order valence-electron chi connectivity index (χ3n) is 1.73. The van der Waals surface area contributed by atoms with Gasteiger partial charge in [-0.3, -0.25) is 4.98 Å². The van der Waals surface area contributed by atoms with Crippen LogP contribution in [-0.4, -0.2) is 11.2 Å². The summed E-state index contributed by atoms with van der Waals surface area (Å²) in [6, 6.07) is -0.468. The molecule has 0 aliphatic rings. The highest BCUT2D eigenvalue weighted by Crippen LogP contribution is 2.31. The van der Waals surface area contributed by atoms with Gasteiger partial charge in [0, 0.05) is 10.7 Å². The normalized spacial score (nSPS) is 14.1. The number of rotatable bonds is 1. The minimum Gasteiger partial charge on any atom is -0.315 e. The van der Waals surface area contributed by atoms with Crippen molar-refractivity contribution in [2.75, 3.05) is 0 Å². The lowest BCUT2D eigenvalue weighted by molar-refractivity contribution is -0.150. The molecule has 0 saturated carbocycles. The van der Waals surface area contributed by atoms with E-state index in [1.165, 1.54) is 6.20 Å². The van der Waals surface area contributed by atoms with Crippen LogP contribution in [-0.2, 0) is 0 Å². The van der Waals surface area contributed by atoms with Crippen LogP contribution in [0.25, 0.3) is 0 Å². The second-order valence-corrected chi connectivity index (χ2v) is 3.79. The molecule has 0 bridgehead atoms. The van der Waals surface area contributed by atoms with Crippen molar-refractivity contribution < 1.29 is 13.2 Å². The smallest absolute Gasteiger partial charge is 0.315 e. The van der Waals surface area contributed by atoms with E-state index in [-0.39, 0.29) is 5.69 Å². The van der Waals surface area contributed by atoms with Crippen LogP contribution in [0.1, 0.15) is 17.3 Å². The summed E-state index contributed by atoms with van der Waals surface area (Å²) in [6.45, 7) is 1.54. The minimum atomic E-state index is -4.45. The van der Waals surface area contributed by atoms with Gasteiger partial charge < -0.3 is 5.73 Å². The summed E-state index contributed by atoms with van der Waals surface area (Å²) in [5, 5.41) is 0. The monoisotopic (exact) mass is 268 g/mol. The highest BCUT2D eigenvalue weighted by molar-refractivity contribution is 9.10. The quantitative estimate of drug-likeness (QED) is 0.851.